The summed E-state index contributed by atoms with van der Waals surface area (Å²) in [6.07, 6.45) is 0. The molecule has 0 bridgehead atoms. The van der Waals surface area contributed by atoms with Crippen LogP contribution in [0.1, 0.15) is 0 Å². The maximum Gasteiger partial charge on any atom is 0.522 e. The third kappa shape index (κ3) is 5.79. The first kappa shape index (κ1) is 17.2. The zero-order valence-electron chi connectivity index (χ0n) is 4.31. The molecule has 0 aromatic rings. The third-order valence-electron chi connectivity index (χ3n) is 0.292. The van der Waals surface area contributed by atoms with Gasteiger partial charge in [-0.2, -0.15) is 21.6 Å². The molecule has 0 saturated carbocycles. The average Bonchev–Trinajstić information content (AvgIpc) is 1.25. The molecule has 0 aliphatic carbocycles. The Morgan fingerprint density at radius 1 is 1.20 bits per heavy atom. The molecule has 0 heterocycles. The first-order chi connectivity index (χ1) is 3.25. The Morgan fingerprint density at radius 3 is 1.30 bits per heavy atom. The van der Waals surface area contributed by atoms with Crippen LogP contribution < -0.4 is 0 Å². The maximum absolute atomic E-state index is 10.7. The van der Waals surface area contributed by atoms with Gasteiger partial charge >= 0.3 is 15.6 Å². The number of halogens is 3. The second-order valence-electron chi connectivity index (χ2n) is 0.921. The summed E-state index contributed by atoms with van der Waals surface area (Å²) in [7, 11) is -5.84. The van der Waals surface area contributed by atoms with Gasteiger partial charge in [0.05, 0.1) is 0 Å². The first-order valence-corrected chi connectivity index (χ1v) is 2.73. The Labute approximate surface area is 88.2 Å². The SMILES string of the molecule is O.O=S(=O)(O)C(F)(F)F.[Ce]. The predicted octanol–water partition coefficient (Wildman–Crippen LogP) is -0.431. The summed E-state index contributed by atoms with van der Waals surface area (Å²) in [6, 6.07) is 0. The normalized spacial score (nSPS) is 11.2. The van der Waals surface area contributed by atoms with Gasteiger partial charge in [-0.15, -0.1) is 0 Å². The molecule has 3 N–H and O–H groups in total. The van der Waals surface area contributed by atoms with Crippen LogP contribution in [0.25, 0.3) is 0 Å². The minimum absolute atomic E-state index is 0. The van der Waals surface area contributed by atoms with Crippen LogP contribution in [0.4, 0.5) is 13.2 Å². The van der Waals surface area contributed by atoms with Crippen molar-refractivity contribution in [2.75, 3.05) is 0 Å². The van der Waals surface area contributed by atoms with Gasteiger partial charge in [-0.3, -0.25) is 4.55 Å². The van der Waals surface area contributed by atoms with Crippen molar-refractivity contribution in [3.05, 3.63) is 0 Å². The van der Waals surface area contributed by atoms with Crippen molar-refractivity contribution in [2.24, 2.45) is 0 Å². The van der Waals surface area contributed by atoms with E-state index in [0.29, 0.717) is 0 Å². The standard InChI is InChI=1S/CHF3O3S.Ce.H2O/c2-1(3,4)8(5,6)7;;/h(H,5,6,7);;1H2. The van der Waals surface area contributed by atoms with Gasteiger partial charge in [0.2, 0.25) is 0 Å². The summed E-state index contributed by atoms with van der Waals surface area (Å²) in [5.74, 6) is 0. The van der Waals surface area contributed by atoms with Crippen LogP contribution in [0.3, 0.4) is 0 Å². The third-order valence-corrected chi connectivity index (χ3v) is 0.877. The minimum Gasteiger partial charge on any atom is -0.412 e. The second kappa shape index (κ2) is 4.82. The van der Waals surface area contributed by atoms with Crippen molar-refractivity contribution in [2.45, 2.75) is 5.51 Å². The van der Waals surface area contributed by atoms with E-state index in [9.17, 15) is 13.2 Å². The van der Waals surface area contributed by atoms with E-state index in [1.807, 2.05) is 0 Å². The second-order valence-corrected chi connectivity index (χ2v) is 2.33. The molecule has 0 amide bonds. The molecule has 62 valence electrons. The van der Waals surface area contributed by atoms with Crippen LogP contribution in [-0.4, -0.2) is 24.0 Å². The fourth-order valence-electron chi connectivity index (χ4n) is 0. The van der Waals surface area contributed by atoms with E-state index >= 15 is 0 Å². The van der Waals surface area contributed by atoms with Gasteiger partial charge in [0.15, 0.2) is 0 Å². The van der Waals surface area contributed by atoms with E-state index in [-0.39, 0.29) is 47.2 Å². The summed E-state index contributed by atoms with van der Waals surface area (Å²) in [5, 5.41) is 0. The van der Waals surface area contributed by atoms with Gasteiger partial charge < -0.3 is 5.48 Å². The van der Waals surface area contributed by atoms with E-state index in [2.05, 4.69) is 0 Å². The van der Waals surface area contributed by atoms with Crippen molar-refractivity contribution in [3.8, 4) is 0 Å². The van der Waals surface area contributed by atoms with Gasteiger partial charge in [-0.25, -0.2) is 0 Å². The summed E-state index contributed by atoms with van der Waals surface area (Å²) in [6.45, 7) is 0. The van der Waals surface area contributed by atoms with Gasteiger partial charge in [0.1, 0.15) is 0 Å². The number of hydrogen-bond acceptors (Lipinski definition) is 2. The first-order valence-electron chi connectivity index (χ1n) is 1.29. The molecule has 4 nitrogen and oxygen atoms in total. The van der Waals surface area contributed by atoms with E-state index in [0.717, 1.165) is 0 Å². The average molecular weight is 308 g/mol. The molecule has 0 aromatic heterocycles. The summed E-state index contributed by atoms with van der Waals surface area (Å²) in [4.78, 5) is 0. The van der Waals surface area contributed by atoms with Crippen LogP contribution in [0.15, 0.2) is 0 Å². The molecule has 0 aliphatic rings. The molecular formula is CH3CeF3O4S. The largest absolute Gasteiger partial charge is 0.522 e. The molecule has 10 heavy (non-hydrogen) atoms. The Hall–Kier alpha value is 1.04. The Morgan fingerprint density at radius 2 is 1.30 bits per heavy atom. The van der Waals surface area contributed by atoms with Crippen molar-refractivity contribution >= 4 is 10.1 Å². The van der Waals surface area contributed by atoms with Crippen molar-refractivity contribution in [1.29, 1.82) is 0 Å². The van der Waals surface area contributed by atoms with Crippen molar-refractivity contribution < 1.29 is 73.4 Å². The van der Waals surface area contributed by atoms with Crippen molar-refractivity contribution in [3.63, 3.8) is 0 Å². The van der Waals surface area contributed by atoms with E-state index < -0.39 is 15.6 Å². The molecule has 0 saturated heterocycles. The van der Waals surface area contributed by atoms with Crippen LogP contribution in [0, 0.1) is 41.7 Å². The molecule has 0 fully saturated rings. The Bertz CT molecular complexity index is 169. The molecule has 0 aliphatic heterocycles. The molecule has 0 aromatic carbocycles. The number of rotatable bonds is 0. The number of alkyl halides is 3. The van der Waals surface area contributed by atoms with Gasteiger partial charge in [0, 0.05) is 41.7 Å². The number of hydrogen-bond donors (Lipinski definition) is 1. The quantitative estimate of drug-likeness (QED) is 0.487. The van der Waals surface area contributed by atoms with E-state index in [1.165, 1.54) is 0 Å². The van der Waals surface area contributed by atoms with Crippen molar-refractivity contribution in [1.82, 2.24) is 0 Å². The topological polar surface area (TPSA) is 85.9 Å². The molecular weight excluding hydrogens is 305 g/mol. The molecule has 0 radical (unpaired) electrons. The zero-order chi connectivity index (χ0) is 7.00. The monoisotopic (exact) mass is 308 g/mol. The molecule has 0 unspecified atom stereocenters. The van der Waals surface area contributed by atoms with Crippen LogP contribution in [0.5, 0.6) is 0 Å². The molecule has 9 heteroatoms. The van der Waals surface area contributed by atoms with Gasteiger partial charge in [-0.1, -0.05) is 0 Å². The smallest absolute Gasteiger partial charge is 0.412 e. The molecule has 0 atom stereocenters. The Balaban J connectivity index is -0.000000245. The Kier molecular flexibility index (Phi) is 8.30. The van der Waals surface area contributed by atoms with Crippen LogP contribution >= 0.6 is 0 Å². The zero-order valence-corrected chi connectivity index (χ0v) is 8.26. The predicted molar refractivity (Wildman–Crippen MR) is 21.2 cm³/mol. The summed E-state index contributed by atoms with van der Waals surface area (Å²) in [5.41, 5.74) is -5.53. The fourth-order valence-corrected chi connectivity index (χ4v) is 0. The summed E-state index contributed by atoms with van der Waals surface area (Å²) < 4.78 is 57.5. The van der Waals surface area contributed by atoms with E-state index in [4.69, 9.17) is 13.0 Å². The minimum atomic E-state index is -5.84. The maximum atomic E-state index is 10.7. The van der Waals surface area contributed by atoms with E-state index in [1.54, 1.807) is 0 Å². The van der Waals surface area contributed by atoms with Crippen LogP contribution in [-0.2, 0) is 10.1 Å². The fraction of sp³-hybridized carbons (Fsp3) is 1.00. The summed E-state index contributed by atoms with van der Waals surface area (Å²) >= 11 is 0. The molecule has 0 rings (SSSR count). The van der Waals surface area contributed by atoms with Gasteiger partial charge in [0.25, 0.3) is 0 Å². The molecule has 0 spiro atoms. The van der Waals surface area contributed by atoms with Gasteiger partial charge in [-0.05, 0) is 0 Å². The van der Waals surface area contributed by atoms with Crippen LogP contribution in [0.2, 0.25) is 0 Å².